The van der Waals surface area contributed by atoms with E-state index in [-0.39, 0.29) is 12.2 Å². The zero-order valence-electron chi connectivity index (χ0n) is 12.8. The van der Waals surface area contributed by atoms with Crippen molar-refractivity contribution in [1.82, 2.24) is 4.90 Å². The molecule has 1 aliphatic rings. The minimum atomic E-state index is -0.458. The van der Waals surface area contributed by atoms with Crippen molar-refractivity contribution in [2.75, 3.05) is 13.1 Å². The van der Waals surface area contributed by atoms with Crippen LogP contribution in [0.1, 0.15) is 33.6 Å². The van der Waals surface area contributed by atoms with E-state index >= 15 is 0 Å². The molecule has 1 heterocycles. The number of amides is 1. The SMILES string of the molecule is CC(C)(C)OC(=O)N1CCCC(Oc2cccc(I)c2)C1. The molecular weight excluding hydrogens is 381 g/mol. The molecule has 1 aliphatic heterocycles. The maximum Gasteiger partial charge on any atom is 0.410 e. The lowest BCUT2D eigenvalue weighted by atomic mass is 10.1. The number of ether oxygens (including phenoxy) is 2. The molecular formula is C16H22INO3. The summed E-state index contributed by atoms with van der Waals surface area (Å²) in [5.74, 6) is 0.859. The predicted molar refractivity (Wildman–Crippen MR) is 90.6 cm³/mol. The van der Waals surface area contributed by atoms with Crippen LogP contribution in [0.25, 0.3) is 0 Å². The number of benzene rings is 1. The van der Waals surface area contributed by atoms with Crippen LogP contribution in [0.3, 0.4) is 0 Å². The number of carbonyl (C=O) groups is 1. The Labute approximate surface area is 139 Å². The first-order valence-electron chi connectivity index (χ1n) is 7.24. The van der Waals surface area contributed by atoms with Gasteiger partial charge in [-0.2, -0.15) is 0 Å². The van der Waals surface area contributed by atoms with Crippen LogP contribution >= 0.6 is 22.6 Å². The van der Waals surface area contributed by atoms with Gasteiger partial charge in [0.05, 0.1) is 6.54 Å². The van der Waals surface area contributed by atoms with E-state index in [1.807, 2.05) is 45.0 Å². The second kappa shape index (κ2) is 6.85. The molecule has 0 bridgehead atoms. The van der Waals surface area contributed by atoms with Crippen LogP contribution < -0.4 is 4.74 Å². The average molecular weight is 403 g/mol. The predicted octanol–water partition coefficient (Wildman–Crippen LogP) is 4.07. The molecule has 1 atom stereocenters. The van der Waals surface area contributed by atoms with Crippen molar-refractivity contribution in [2.24, 2.45) is 0 Å². The van der Waals surface area contributed by atoms with Crippen LogP contribution in [-0.2, 0) is 4.74 Å². The van der Waals surface area contributed by atoms with Crippen molar-refractivity contribution in [1.29, 1.82) is 0 Å². The van der Waals surface area contributed by atoms with E-state index in [1.54, 1.807) is 4.90 Å². The van der Waals surface area contributed by atoms with Gasteiger partial charge in [0.2, 0.25) is 0 Å². The van der Waals surface area contributed by atoms with E-state index in [0.717, 1.165) is 28.7 Å². The Morgan fingerprint density at radius 1 is 1.38 bits per heavy atom. The van der Waals surface area contributed by atoms with Crippen molar-refractivity contribution in [3.05, 3.63) is 27.8 Å². The molecule has 5 heteroatoms. The Morgan fingerprint density at radius 2 is 2.14 bits per heavy atom. The molecule has 0 aromatic heterocycles. The normalized spacial score (nSPS) is 19.2. The summed E-state index contributed by atoms with van der Waals surface area (Å²) in [6.45, 7) is 6.97. The fourth-order valence-corrected chi connectivity index (χ4v) is 2.77. The van der Waals surface area contributed by atoms with Gasteiger partial charge in [-0.15, -0.1) is 0 Å². The molecule has 2 rings (SSSR count). The van der Waals surface area contributed by atoms with Gasteiger partial charge >= 0.3 is 6.09 Å². The molecule has 0 aliphatic carbocycles. The molecule has 1 aromatic carbocycles. The fraction of sp³-hybridized carbons (Fsp3) is 0.562. The molecule has 1 unspecified atom stereocenters. The number of halogens is 1. The number of hydrogen-bond donors (Lipinski definition) is 0. The van der Waals surface area contributed by atoms with Crippen molar-refractivity contribution in [2.45, 2.75) is 45.3 Å². The zero-order chi connectivity index (χ0) is 15.5. The molecule has 1 amide bonds. The van der Waals surface area contributed by atoms with Crippen molar-refractivity contribution in [3.8, 4) is 5.75 Å². The maximum absolute atomic E-state index is 12.1. The Kier molecular flexibility index (Phi) is 5.35. The quantitative estimate of drug-likeness (QED) is 0.699. The second-order valence-electron chi connectivity index (χ2n) is 6.27. The zero-order valence-corrected chi connectivity index (χ0v) is 14.9. The minimum absolute atomic E-state index is 0.0319. The average Bonchev–Trinajstić information content (AvgIpc) is 2.37. The first kappa shape index (κ1) is 16.4. The van der Waals surface area contributed by atoms with E-state index in [2.05, 4.69) is 22.6 Å². The third-order valence-electron chi connectivity index (χ3n) is 3.13. The highest BCUT2D eigenvalue weighted by Gasteiger charge is 2.28. The van der Waals surface area contributed by atoms with Gasteiger partial charge in [0, 0.05) is 10.1 Å². The summed E-state index contributed by atoms with van der Waals surface area (Å²) in [6.07, 6.45) is 1.68. The molecule has 1 fully saturated rings. The van der Waals surface area contributed by atoms with Crippen molar-refractivity contribution >= 4 is 28.7 Å². The summed E-state index contributed by atoms with van der Waals surface area (Å²) < 4.78 is 12.6. The number of rotatable bonds is 2. The van der Waals surface area contributed by atoms with E-state index in [1.165, 1.54) is 0 Å². The molecule has 0 radical (unpaired) electrons. The maximum atomic E-state index is 12.1. The lowest BCUT2D eigenvalue weighted by Crippen LogP contribution is -2.46. The Bertz CT molecular complexity index is 499. The van der Waals surface area contributed by atoms with Gasteiger partial charge in [-0.25, -0.2) is 4.79 Å². The van der Waals surface area contributed by atoms with Crippen LogP contribution in [0.4, 0.5) is 4.79 Å². The first-order chi connectivity index (χ1) is 9.83. The highest BCUT2D eigenvalue weighted by atomic mass is 127. The third-order valence-corrected chi connectivity index (χ3v) is 3.80. The van der Waals surface area contributed by atoms with E-state index in [4.69, 9.17) is 9.47 Å². The van der Waals surface area contributed by atoms with Crippen LogP contribution in [0, 0.1) is 3.57 Å². The molecule has 1 aromatic rings. The minimum Gasteiger partial charge on any atom is -0.489 e. The summed E-state index contributed by atoms with van der Waals surface area (Å²) >= 11 is 2.26. The van der Waals surface area contributed by atoms with Gasteiger partial charge in [0.15, 0.2) is 0 Å². The van der Waals surface area contributed by atoms with E-state index in [0.29, 0.717) is 6.54 Å². The smallest absolute Gasteiger partial charge is 0.410 e. The molecule has 0 saturated carbocycles. The molecule has 0 spiro atoms. The van der Waals surface area contributed by atoms with E-state index in [9.17, 15) is 4.79 Å². The third kappa shape index (κ3) is 5.37. The first-order valence-corrected chi connectivity index (χ1v) is 8.31. The number of nitrogens with zero attached hydrogens (tertiary/aromatic N) is 1. The lowest BCUT2D eigenvalue weighted by Gasteiger charge is -2.34. The van der Waals surface area contributed by atoms with Crippen LogP contribution in [-0.4, -0.2) is 35.8 Å². The number of likely N-dealkylation sites (tertiary alicyclic amines) is 1. The van der Waals surface area contributed by atoms with E-state index < -0.39 is 5.60 Å². The number of hydrogen-bond acceptors (Lipinski definition) is 3. The highest BCUT2D eigenvalue weighted by Crippen LogP contribution is 2.21. The molecule has 21 heavy (non-hydrogen) atoms. The standard InChI is InChI=1S/C16H22INO3/c1-16(2,3)21-15(19)18-9-5-8-14(11-18)20-13-7-4-6-12(17)10-13/h4,6-7,10,14H,5,8-9,11H2,1-3H3. The number of piperidine rings is 1. The van der Waals surface area contributed by atoms with Crippen LogP contribution in [0.5, 0.6) is 5.75 Å². The van der Waals surface area contributed by atoms with Crippen molar-refractivity contribution in [3.63, 3.8) is 0 Å². The van der Waals surface area contributed by atoms with Gasteiger partial charge in [-0.1, -0.05) is 6.07 Å². The second-order valence-corrected chi connectivity index (χ2v) is 7.51. The monoisotopic (exact) mass is 403 g/mol. The van der Waals surface area contributed by atoms with Gasteiger partial charge in [-0.05, 0) is 74.4 Å². The summed E-state index contributed by atoms with van der Waals surface area (Å²) in [7, 11) is 0. The summed E-state index contributed by atoms with van der Waals surface area (Å²) in [5.41, 5.74) is -0.458. The highest BCUT2D eigenvalue weighted by molar-refractivity contribution is 14.1. The molecule has 0 N–H and O–H groups in total. The fourth-order valence-electron chi connectivity index (χ4n) is 2.26. The number of carbonyl (C=O) groups excluding carboxylic acids is 1. The van der Waals surface area contributed by atoms with Crippen molar-refractivity contribution < 1.29 is 14.3 Å². The van der Waals surface area contributed by atoms with Gasteiger partial charge < -0.3 is 14.4 Å². The summed E-state index contributed by atoms with van der Waals surface area (Å²) in [4.78, 5) is 13.9. The Hall–Kier alpha value is -0.980. The summed E-state index contributed by atoms with van der Waals surface area (Å²) in [5, 5.41) is 0. The topological polar surface area (TPSA) is 38.8 Å². The Balaban J connectivity index is 1.93. The largest absolute Gasteiger partial charge is 0.489 e. The Morgan fingerprint density at radius 3 is 2.81 bits per heavy atom. The summed E-state index contributed by atoms with van der Waals surface area (Å²) in [6, 6.07) is 7.97. The lowest BCUT2D eigenvalue weighted by molar-refractivity contribution is 0.00775. The van der Waals surface area contributed by atoms with Gasteiger partial charge in [0.25, 0.3) is 0 Å². The van der Waals surface area contributed by atoms with Crippen LogP contribution in [0.2, 0.25) is 0 Å². The van der Waals surface area contributed by atoms with Crippen LogP contribution in [0.15, 0.2) is 24.3 Å². The van der Waals surface area contributed by atoms with Gasteiger partial charge in [-0.3, -0.25) is 0 Å². The van der Waals surface area contributed by atoms with Gasteiger partial charge in [0.1, 0.15) is 17.5 Å². The molecule has 4 nitrogen and oxygen atoms in total. The molecule has 1 saturated heterocycles. The molecule has 116 valence electrons.